The van der Waals surface area contributed by atoms with Gasteiger partial charge in [0.25, 0.3) is 0 Å². The van der Waals surface area contributed by atoms with E-state index in [9.17, 15) is 0 Å². The van der Waals surface area contributed by atoms with Crippen molar-refractivity contribution < 1.29 is 9.47 Å². The van der Waals surface area contributed by atoms with Gasteiger partial charge in [0.15, 0.2) is 0 Å². The molecule has 0 radical (unpaired) electrons. The van der Waals surface area contributed by atoms with Gasteiger partial charge < -0.3 is 9.47 Å². The predicted octanol–water partition coefficient (Wildman–Crippen LogP) is 1.90. The summed E-state index contributed by atoms with van der Waals surface area (Å²) in [7, 11) is 1.61. The first-order chi connectivity index (χ1) is 2.91. The Morgan fingerprint density at radius 1 is 1.25 bits per heavy atom. The zero-order valence-electron chi connectivity index (χ0n) is 4.23. The molecule has 0 aromatic heterocycles. The summed E-state index contributed by atoms with van der Waals surface area (Å²) in [6, 6.07) is 0. The molecule has 0 saturated heterocycles. The fourth-order valence-electron chi connectivity index (χ4n) is 0.167. The lowest BCUT2D eigenvalue weighted by atomic mass is 10.9. The van der Waals surface area contributed by atoms with Crippen LogP contribution in [0.15, 0.2) is 0 Å². The van der Waals surface area contributed by atoms with E-state index in [1.807, 2.05) is 6.92 Å². The summed E-state index contributed by atoms with van der Waals surface area (Å²) in [6.07, 6.45) is 0. The highest BCUT2D eigenvalue weighted by Crippen LogP contribution is 1.68. The molecule has 2 nitrogen and oxygen atoms in total. The Kier molecular flexibility index (Phi) is 30.9. The first-order valence-corrected chi connectivity index (χ1v) is 1.98. The van der Waals surface area contributed by atoms with Crippen LogP contribution in [-0.2, 0) is 9.47 Å². The standard InChI is InChI=1S/C4H10O2.2CH4/c1-3-6-4-5-2;;/h3-4H2,1-2H3;2*1H4. The molecule has 0 aliphatic heterocycles. The minimum absolute atomic E-state index is 0. The molecule has 0 saturated carbocycles. The van der Waals surface area contributed by atoms with Gasteiger partial charge in [0.2, 0.25) is 0 Å². The van der Waals surface area contributed by atoms with Gasteiger partial charge in [0.1, 0.15) is 6.79 Å². The molecule has 0 rings (SSSR count). The van der Waals surface area contributed by atoms with Crippen molar-refractivity contribution in [1.29, 1.82) is 0 Å². The summed E-state index contributed by atoms with van der Waals surface area (Å²) in [6.45, 7) is 3.07. The van der Waals surface area contributed by atoms with Gasteiger partial charge in [-0.15, -0.1) is 0 Å². The van der Waals surface area contributed by atoms with E-state index >= 15 is 0 Å². The van der Waals surface area contributed by atoms with E-state index in [1.165, 1.54) is 0 Å². The summed E-state index contributed by atoms with van der Waals surface area (Å²) >= 11 is 0. The van der Waals surface area contributed by atoms with Gasteiger partial charge >= 0.3 is 0 Å². The molecule has 0 atom stereocenters. The average molecular weight is 122 g/mol. The Balaban J connectivity index is -0.000000125. The van der Waals surface area contributed by atoms with Crippen molar-refractivity contribution in [2.24, 2.45) is 0 Å². The molecule has 0 bridgehead atoms. The molecule has 0 N–H and O–H groups in total. The van der Waals surface area contributed by atoms with E-state index in [0.717, 1.165) is 6.61 Å². The maximum Gasteiger partial charge on any atom is 0.146 e. The normalized spacial score (nSPS) is 6.75. The van der Waals surface area contributed by atoms with E-state index in [-0.39, 0.29) is 14.9 Å². The smallest absolute Gasteiger partial charge is 0.146 e. The van der Waals surface area contributed by atoms with Crippen LogP contribution in [0.3, 0.4) is 0 Å². The second-order valence-electron chi connectivity index (χ2n) is 0.899. The molecular formula is C6H18O2. The molecular weight excluding hydrogens is 104 g/mol. The van der Waals surface area contributed by atoms with Crippen LogP contribution in [0.25, 0.3) is 0 Å². The van der Waals surface area contributed by atoms with E-state index in [1.54, 1.807) is 7.11 Å². The molecule has 8 heavy (non-hydrogen) atoms. The van der Waals surface area contributed by atoms with Crippen molar-refractivity contribution in [3.63, 3.8) is 0 Å². The monoisotopic (exact) mass is 122 g/mol. The molecule has 0 amide bonds. The molecule has 0 aliphatic rings. The molecule has 54 valence electrons. The van der Waals surface area contributed by atoms with Crippen molar-refractivity contribution in [1.82, 2.24) is 0 Å². The third kappa shape index (κ3) is 16.8. The summed E-state index contributed by atoms with van der Waals surface area (Å²) < 4.78 is 9.32. The summed E-state index contributed by atoms with van der Waals surface area (Å²) in [5.41, 5.74) is 0. The first-order valence-electron chi connectivity index (χ1n) is 1.98. The number of ether oxygens (including phenoxy) is 2. The van der Waals surface area contributed by atoms with Gasteiger partial charge in [-0.05, 0) is 6.92 Å². The summed E-state index contributed by atoms with van der Waals surface area (Å²) in [4.78, 5) is 0. The summed E-state index contributed by atoms with van der Waals surface area (Å²) in [5, 5.41) is 0. The highest BCUT2D eigenvalue weighted by atomic mass is 16.7. The summed E-state index contributed by atoms with van der Waals surface area (Å²) in [5.74, 6) is 0. The fourth-order valence-corrected chi connectivity index (χ4v) is 0.167. The van der Waals surface area contributed by atoms with E-state index in [0.29, 0.717) is 6.79 Å². The van der Waals surface area contributed by atoms with Crippen molar-refractivity contribution in [3.05, 3.63) is 0 Å². The number of hydrogen-bond donors (Lipinski definition) is 0. The maximum atomic E-state index is 4.76. The highest BCUT2D eigenvalue weighted by Gasteiger charge is 1.71. The molecule has 0 aliphatic carbocycles. The maximum absolute atomic E-state index is 4.76. The number of methoxy groups -OCH3 is 1. The van der Waals surface area contributed by atoms with Crippen LogP contribution >= 0.6 is 0 Å². The van der Waals surface area contributed by atoms with Gasteiger partial charge in [-0.25, -0.2) is 0 Å². The molecule has 0 unspecified atom stereocenters. The Hall–Kier alpha value is -0.0800. The van der Waals surface area contributed by atoms with Crippen LogP contribution in [0.2, 0.25) is 0 Å². The van der Waals surface area contributed by atoms with Crippen molar-refractivity contribution in [3.8, 4) is 0 Å². The highest BCUT2D eigenvalue weighted by molar-refractivity contribution is 4.02. The van der Waals surface area contributed by atoms with E-state index < -0.39 is 0 Å². The van der Waals surface area contributed by atoms with Crippen LogP contribution < -0.4 is 0 Å². The Labute approximate surface area is 52.8 Å². The van der Waals surface area contributed by atoms with Crippen LogP contribution in [0, 0.1) is 0 Å². The van der Waals surface area contributed by atoms with E-state index in [2.05, 4.69) is 4.74 Å². The topological polar surface area (TPSA) is 18.5 Å². The second-order valence-corrected chi connectivity index (χ2v) is 0.899. The predicted molar refractivity (Wildman–Crippen MR) is 37.0 cm³/mol. The number of rotatable bonds is 3. The Morgan fingerprint density at radius 2 is 1.75 bits per heavy atom. The van der Waals surface area contributed by atoms with Crippen molar-refractivity contribution in [2.75, 3.05) is 20.5 Å². The number of hydrogen-bond acceptors (Lipinski definition) is 2. The van der Waals surface area contributed by atoms with Crippen molar-refractivity contribution >= 4 is 0 Å². The average Bonchev–Trinajstić information content (AvgIpc) is 1.61. The lowest BCUT2D eigenvalue weighted by molar-refractivity contribution is -0.0250. The lowest BCUT2D eigenvalue weighted by Crippen LogP contribution is -1.93. The molecule has 2 heteroatoms. The van der Waals surface area contributed by atoms with Crippen molar-refractivity contribution in [2.45, 2.75) is 21.8 Å². The minimum Gasteiger partial charge on any atom is -0.359 e. The largest absolute Gasteiger partial charge is 0.359 e. The van der Waals surface area contributed by atoms with Crippen LogP contribution in [-0.4, -0.2) is 20.5 Å². The van der Waals surface area contributed by atoms with Gasteiger partial charge in [-0.2, -0.15) is 0 Å². The van der Waals surface area contributed by atoms with E-state index in [4.69, 9.17) is 4.74 Å². The first kappa shape index (κ1) is 15.7. The van der Waals surface area contributed by atoms with Gasteiger partial charge in [0, 0.05) is 13.7 Å². The van der Waals surface area contributed by atoms with Gasteiger partial charge in [0.05, 0.1) is 0 Å². The zero-order chi connectivity index (χ0) is 4.83. The second kappa shape index (κ2) is 15.8. The molecule has 0 aromatic carbocycles. The Morgan fingerprint density at radius 3 is 1.88 bits per heavy atom. The molecule has 0 heterocycles. The third-order valence-corrected chi connectivity index (χ3v) is 0.405. The minimum atomic E-state index is 0. The SMILES string of the molecule is C.C.CCOCOC. The fraction of sp³-hybridized carbons (Fsp3) is 1.00. The van der Waals surface area contributed by atoms with Crippen LogP contribution in [0.1, 0.15) is 21.8 Å². The lowest BCUT2D eigenvalue weighted by Gasteiger charge is -1.93. The van der Waals surface area contributed by atoms with Gasteiger partial charge in [-0.1, -0.05) is 14.9 Å². The Bertz CT molecular complexity index is 18.5. The third-order valence-electron chi connectivity index (χ3n) is 0.405. The molecule has 0 aromatic rings. The zero-order valence-corrected chi connectivity index (χ0v) is 4.23. The van der Waals surface area contributed by atoms with Gasteiger partial charge in [-0.3, -0.25) is 0 Å². The molecule has 0 spiro atoms. The van der Waals surface area contributed by atoms with Crippen LogP contribution in [0.4, 0.5) is 0 Å². The van der Waals surface area contributed by atoms with Crippen LogP contribution in [0.5, 0.6) is 0 Å². The molecule has 0 fully saturated rings. The quantitative estimate of drug-likeness (QED) is 0.420.